The van der Waals surface area contributed by atoms with Gasteiger partial charge in [-0.1, -0.05) is 11.2 Å². The molecule has 1 aromatic carbocycles. The molecular weight excluding hydrogens is 324 g/mol. The molecular formula is C18H20N2O5. The molecule has 0 radical (unpaired) electrons. The molecule has 7 heteroatoms. The number of methoxy groups -OCH3 is 2. The van der Waals surface area contributed by atoms with E-state index >= 15 is 0 Å². The highest BCUT2D eigenvalue weighted by atomic mass is 16.6. The lowest BCUT2D eigenvalue weighted by Crippen LogP contribution is -2.32. The number of hydrogen-bond donors (Lipinski definition) is 1. The summed E-state index contributed by atoms with van der Waals surface area (Å²) >= 11 is 0. The fourth-order valence-corrected chi connectivity index (χ4v) is 2.60. The van der Waals surface area contributed by atoms with Crippen molar-refractivity contribution in [1.82, 2.24) is 5.32 Å². The minimum absolute atomic E-state index is 0.227. The Balaban J connectivity index is 1.48. The summed E-state index contributed by atoms with van der Waals surface area (Å²) in [6, 6.07) is 9.27. The van der Waals surface area contributed by atoms with Gasteiger partial charge in [-0.05, 0) is 36.2 Å². The zero-order valence-electron chi connectivity index (χ0n) is 14.2. The van der Waals surface area contributed by atoms with Crippen LogP contribution in [0.5, 0.6) is 11.5 Å². The van der Waals surface area contributed by atoms with Gasteiger partial charge in [0.25, 0.3) is 5.91 Å². The molecule has 0 saturated carbocycles. The molecule has 1 aliphatic rings. The van der Waals surface area contributed by atoms with Crippen LogP contribution in [0.4, 0.5) is 0 Å². The summed E-state index contributed by atoms with van der Waals surface area (Å²) in [6.45, 7) is 0.485. The molecule has 1 amide bonds. The van der Waals surface area contributed by atoms with Gasteiger partial charge in [0, 0.05) is 13.0 Å². The zero-order valence-corrected chi connectivity index (χ0v) is 14.2. The van der Waals surface area contributed by atoms with Gasteiger partial charge < -0.3 is 24.0 Å². The van der Waals surface area contributed by atoms with Crippen molar-refractivity contribution in [3.63, 3.8) is 0 Å². The van der Waals surface area contributed by atoms with E-state index in [1.54, 1.807) is 32.6 Å². The first-order valence-corrected chi connectivity index (χ1v) is 7.96. The Morgan fingerprint density at radius 1 is 1.28 bits per heavy atom. The lowest BCUT2D eigenvalue weighted by Gasteiger charge is -2.10. The standard InChI is InChI=1S/C18H20N2O5/c1-22-14-6-5-12(10-16(14)23-2)7-8-19-18(21)13-11-17(25-20-13)15-4-3-9-24-15/h3-6,9-10,17H,7-8,11H2,1-2H3,(H,19,21). The molecule has 0 saturated heterocycles. The number of nitrogens with one attached hydrogen (secondary N) is 1. The van der Waals surface area contributed by atoms with Crippen LogP contribution in [0.2, 0.25) is 0 Å². The van der Waals surface area contributed by atoms with E-state index in [2.05, 4.69) is 10.5 Å². The lowest BCUT2D eigenvalue weighted by atomic mass is 10.1. The SMILES string of the molecule is COc1ccc(CCNC(=O)C2=NOC(c3ccco3)C2)cc1OC. The van der Waals surface area contributed by atoms with Crippen molar-refractivity contribution in [3.05, 3.63) is 47.9 Å². The Morgan fingerprint density at radius 2 is 2.12 bits per heavy atom. The maximum atomic E-state index is 12.2. The van der Waals surface area contributed by atoms with Crippen molar-refractivity contribution >= 4 is 11.6 Å². The second kappa shape index (κ2) is 7.74. The quantitative estimate of drug-likeness (QED) is 0.834. The predicted octanol–water partition coefficient (Wildman–Crippen LogP) is 2.47. The normalized spacial score (nSPS) is 16.1. The first-order chi connectivity index (χ1) is 12.2. The number of benzene rings is 1. The van der Waals surface area contributed by atoms with E-state index in [1.165, 1.54) is 0 Å². The molecule has 132 valence electrons. The molecule has 2 aromatic rings. The molecule has 0 spiro atoms. The number of ether oxygens (including phenoxy) is 2. The maximum absolute atomic E-state index is 12.2. The van der Waals surface area contributed by atoms with Gasteiger partial charge in [-0.2, -0.15) is 0 Å². The maximum Gasteiger partial charge on any atom is 0.269 e. The van der Waals surface area contributed by atoms with Crippen LogP contribution in [0.1, 0.15) is 23.8 Å². The second-order valence-electron chi connectivity index (χ2n) is 5.55. The highest BCUT2D eigenvalue weighted by Crippen LogP contribution is 2.28. The summed E-state index contributed by atoms with van der Waals surface area (Å²) < 4.78 is 15.8. The van der Waals surface area contributed by atoms with Gasteiger partial charge in [-0.15, -0.1) is 0 Å². The molecule has 3 rings (SSSR count). The third kappa shape index (κ3) is 3.93. The minimum atomic E-state index is -0.332. The summed E-state index contributed by atoms with van der Waals surface area (Å²) in [5.74, 6) is 1.78. The average Bonchev–Trinajstić information content (AvgIpc) is 3.32. The fourth-order valence-electron chi connectivity index (χ4n) is 2.60. The van der Waals surface area contributed by atoms with Crippen LogP contribution in [-0.4, -0.2) is 32.4 Å². The fraction of sp³-hybridized carbons (Fsp3) is 0.333. The number of carbonyl (C=O) groups is 1. The third-order valence-electron chi connectivity index (χ3n) is 3.94. The molecule has 1 unspecified atom stereocenters. The number of oxime groups is 1. The van der Waals surface area contributed by atoms with Crippen molar-refractivity contribution < 1.29 is 23.5 Å². The summed E-state index contributed by atoms with van der Waals surface area (Å²) in [5, 5.41) is 6.71. The van der Waals surface area contributed by atoms with E-state index in [1.807, 2.05) is 18.2 Å². The average molecular weight is 344 g/mol. The second-order valence-corrected chi connectivity index (χ2v) is 5.55. The van der Waals surface area contributed by atoms with Gasteiger partial charge >= 0.3 is 0 Å². The Morgan fingerprint density at radius 3 is 2.84 bits per heavy atom. The molecule has 2 heterocycles. The highest BCUT2D eigenvalue weighted by Gasteiger charge is 2.28. The topological polar surface area (TPSA) is 82.3 Å². The number of nitrogens with zero attached hydrogens (tertiary/aromatic N) is 1. The van der Waals surface area contributed by atoms with Crippen LogP contribution in [0.3, 0.4) is 0 Å². The number of rotatable bonds is 7. The van der Waals surface area contributed by atoms with E-state index in [0.717, 1.165) is 5.56 Å². The van der Waals surface area contributed by atoms with Crippen LogP contribution in [0.15, 0.2) is 46.2 Å². The van der Waals surface area contributed by atoms with E-state index in [-0.39, 0.29) is 12.0 Å². The van der Waals surface area contributed by atoms with E-state index in [9.17, 15) is 4.79 Å². The van der Waals surface area contributed by atoms with Crippen LogP contribution >= 0.6 is 0 Å². The van der Waals surface area contributed by atoms with Crippen molar-refractivity contribution in [2.24, 2.45) is 5.16 Å². The van der Waals surface area contributed by atoms with Gasteiger partial charge in [0.2, 0.25) is 0 Å². The van der Waals surface area contributed by atoms with Gasteiger partial charge in [0.05, 0.1) is 20.5 Å². The summed E-state index contributed by atoms with van der Waals surface area (Å²) in [4.78, 5) is 17.4. The number of amides is 1. The Hall–Kier alpha value is -2.96. The van der Waals surface area contributed by atoms with Gasteiger partial charge in [0.15, 0.2) is 17.6 Å². The van der Waals surface area contributed by atoms with Gasteiger partial charge in [0.1, 0.15) is 11.5 Å². The summed E-state index contributed by atoms with van der Waals surface area (Å²) in [5.41, 5.74) is 1.41. The molecule has 0 bridgehead atoms. The molecule has 0 aliphatic carbocycles. The summed E-state index contributed by atoms with van der Waals surface area (Å²) in [6.07, 6.45) is 2.30. The lowest BCUT2D eigenvalue weighted by molar-refractivity contribution is -0.114. The molecule has 0 fully saturated rings. The molecule has 1 aliphatic heterocycles. The molecule has 7 nitrogen and oxygen atoms in total. The van der Waals surface area contributed by atoms with Crippen molar-refractivity contribution in [1.29, 1.82) is 0 Å². The van der Waals surface area contributed by atoms with Crippen molar-refractivity contribution in [3.8, 4) is 11.5 Å². The molecule has 1 N–H and O–H groups in total. The third-order valence-corrected chi connectivity index (χ3v) is 3.94. The van der Waals surface area contributed by atoms with Gasteiger partial charge in [-0.25, -0.2) is 0 Å². The summed E-state index contributed by atoms with van der Waals surface area (Å²) in [7, 11) is 3.19. The van der Waals surface area contributed by atoms with Crippen molar-refractivity contribution in [2.75, 3.05) is 20.8 Å². The zero-order chi connectivity index (χ0) is 17.6. The molecule has 1 atom stereocenters. The van der Waals surface area contributed by atoms with Crippen LogP contribution in [0.25, 0.3) is 0 Å². The van der Waals surface area contributed by atoms with E-state index in [0.29, 0.717) is 42.4 Å². The number of carbonyl (C=O) groups excluding carboxylic acids is 1. The Bertz CT molecular complexity index is 755. The Kier molecular flexibility index (Phi) is 5.23. The Labute approximate surface area is 145 Å². The first kappa shape index (κ1) is 16.9. The monoisotopic (exact) mass is 344 g/mol. The largest absolute Gasteiger partial charge is 0.493 e. The molecule has 1 aromatic heterocycles. The highest BCUT2D eigenvalue weighted by molar-refractivity contribution is 6.39. The van der Waals surface area contributed by atoms with Crippen LogP contribution in [0, 0.1) is 0 Å². The van der Waals surface area contributed by atoms with Crippen LogP contribution < -0.4 is 14.8 Å². The molecule has 25 heavy (non-hydrogen) atoms. The number of furan rings is 1. The van der Waals surface area contributed by atoms with E-state index < -0.39 is 0 Å². The number of hydrogen-bond acceptors (Lipinski definition) is 6. The van der Waals surface area contributed by atoms with Crippen molar-refractivity contribution in [2.45, 2.75) is 18.9 Å². The van der Waals surface area contributed by atoms with E-state index in [4.69, 9.17) is 18.7 Å². The van der Waals surface area contributed by atoms with Crippen LogP contribution in [-0.2, 0) is 16.1 Å². The minimum Gasteiger partial charge on any atom is -0.493 e. The smallest absolute Gasteiger partial charge is 0.269 e. The van der Waals surface area contributed by atoms with Gasteiger partial charge in [-0.3, -0.25) is 4.79 Å². The predicted molar refractivity (Wildman–Crippen MR) is 90.8 cm³/mol. The first-order valence-electron chi connectivity index (χ1n) is 7.96.